The maximum Gasteiger partial charge on any atom is 0.308 e. The van der Waals surface area contributed by atoms with Gasteiger partial charge < -0.3 is 4.74 Å². The Morgan fingerprint density at radius 3 is 2.61 bits per heavy atom. The molecule has 0 aliphatic rings. The van der Waals surface area contributed by atoms with Crippen molar-refractivity contribution in [3.63, 3.8) is 0 Å². The number of hydrogen-bond acceptors (Lipinski definition) is 3. The van der Waals surface area contributed by atoms with Crippen LogP contribution in [0.5, 0.6) is 5.75 Å². The summed E-state index contributed by atoms with van der Waals surface area (Å²) in [6.07, 6.45) is 5.49. The van der Waals surface area contributed by atoms with Gasteiger partial charge in [0.25, 0.3) is 0 Å². The van der Waals surface area contributed by atoms with E-state index in [1.807, 2.05) is 48.6 Å². The van der Waals surface area contributed by atoms with Crippen LogP contribution in [0.2, 0.25) is 0 Å². The Hall–Kier alpha value is -2.42. The molecule has 0 aliphatic carbocycles. The molecule has 0 spiro atoms. The molecule has 0 amide bonds. The second-order valence-electron chi connectivity index (χ2n) is 3.72. The molecule has 2 aromatic rings. The maximum atomic E-state index is 11.0. The first kappa shape index (κ1) is 12.0. The number of hydrogen-bond donors (Lipinski definition) is 0. The molecule has 0 saturated carbocycles. The van der Waals surface area contributed by atoms with Crippen molar-refractivity contribution in [2.24, 2.45) is 0 Å². The first-order chi connectivity index (χ1) is 8.75. The number of nitrogens with zero attached hydrogens (tertiary/aromatic N) is 1. The third-order valence-corrected chi connectivity index (χ3v) is 2.29. The summed E-state index contributed by atoms with van der Waals surface area (Å²) in [6, 6.07) is 13.1. The number of pyridine rings is 1. The molecule has 18 heavy (non-hydrogen) atoms. The summed E-state index contributed by atoms with van der Waals surface area (Å²) in [4.78, 5) is 15.2. The molecule has 1 heterocycles. The molecule has 3 heteroatoms. The van der Waals surface area contributed by atoms with Gasteiger partial charge in [0.05, 0.1) is 5.69 Å². The van der Waals surface area contributed by atoms with Crippen LogP contribution in [0.15, 0.2) is 48.7 Å². The molecule has 3 nitrogen and oxygen atoms in total. The van der Waals surface area contributed by atoms with E-state index in [4.69, 9.17) is 4.74 Å². The fraction of sp³-hybridized carbons (Fsp3) is 0.0667. The maximum absolute atomic E-state index is 11.0. The Morgan fingerprint density at radius 2 is 1.89 bits per heavy atom. The van der Waals surface area contributed by atoms with Gasteiger partial charge in [-0.2, -0.15) is 0 Å². The zero-order chi connectivity index (χ0) is 12.8. The van der Waals surface area contributed by atoms with E-state index in [9.17, 15) is 4.79 Å². The van der Waals surface area contributed by atoms with Crippen LogP contribution in [-0.2, 0) is 4.79 Å². The van der Waals surface area contributed by atoms with Crippen molar-refractivity contribution in [3.8, 4) is 5.75 Å². The number of rotatable bonds is 3. The summed E-state index contributed by atoms with van der Waals surface area (Å²) in [6.45, 7) is 1.39. The number of esters is 1. The van der Waals surface area contributed by atoms with Crippen molar-refractivity contribution in [2.75, 3.05) is 0 Å². The Kier molecular flexibility index (Phi) is 3.86. The molecule has 2 rings (SSSR count). The first-order valence-corrected chi connectivity index (χ1v) is 5.62. The third kappa shape index (κ3) is 3.28. The van der Waals surface area contributed by atoms with Gasteiger partial charge in [0, 0.05) is 18.7 Å². The highest BCUT2D eigenvalue weighted by molar-refractivity contribution is 5.75. The largest absolute Gasteiger partial charge is 0.426 e. The number of para-hydroxylation sites is 1. The molecule has 90 valence electrons. The highest BCUT2D eigenvalue weighted by Crippen LogP contribution is 2.20. The monoisotopic (exact) mass is 239 g/mol. The van der Waals surface area contributed by atoms with Crippen molar-refractivity contribution in [1.29, 1.82) is 0 Å². The van der Waals surface area contributed by atoms with Crippen molar-refractivity contribution in [1.82, 2.24) is 4.98 Å². The molecule has 0 saturated heterocycles. The first-order valence-electron chi connectivity index (χ1n) is 5.62. The van der Waals surface area contributed by atoms with Crippen LogP contribution in [-0.4, -0.2) is 11.0 Å². The van der Waals surface area contributed by atoms with E-state index in [0.29, 0.717) is 5.75 Å². The average molecular weight is 239 g/mol. The van der Waals surface area contributed by atoms with Crippen molar-refractivity contribution in [3.05, 3.63) is 59.9 Å². The summed E-state index contributed by atoms with van der Waals surface area (Å²) in [7, 11) is 0. The van der Waals surface area contributed by atoms with Crippen LogP contribution in [0, 0.1) is 0 Å². The van der Waals surface area contributed by atoms with Crippen LogP contribution in [0.1, 0.15) is 18.2 Å². The third-order valence-electron chi connectivity index (χ3n) is 2.29. The second kappa shape index (κ2) is 5.77. The number of benzene rings is 1. The molecule has 0 unspecified atom stereocenters. The van der Waals surface area contributed by atoms with Gasteiger partial charge in [-0.3, -0.25) is 9.78 Å². The predicted octanol–water partition coefficient (Wildman–Crippen LogP) is 3.18. The van der Waals surface area contributed by atoms with Gasteiger partial charge in [0.1, 0.15) is 5.75 Å². The molecule has 0 atom stereocenters. The standard InChI is InChI=1S/C15H13NO2/c1-12(17)18-15-8-3-2-6-13(15)9-10-14-7-4-5-11-16-14/h2-11H,1H3/b10-9+. The van der Waals surface area contributed by atoms with Gasteiger partial charge in [-0.15, -0.1) is 0 Å². The summed E-state index contributed by atoms with van der Waals surface area (Å²) in [5.74, 6) is 0.228. The molecule has 1 aromatic heterocycles. The summed E-state index contributed by atoms with van der Waals surface area (Å²) in [5.41, 5.74) is 1.70. The topological polar surface area (TPSA) is 39.2 Å². The number of carbonyl (C=O) groups excluding carboxylic acids is 1. The van der Waals surface area contributed by atoms with E-state index in [2.05, 4.69) is 4.98 Å². The normalized spacial score (nSPS) is 10.5. The molecule has 0 N–H and O–H groups in total. The van der Waals surface area contributed by atoms with E-state index >= 15 is 0 Å². The molecule has 1 aromatic carbocycles. The van der Waals surface area contributed by atoms with Crippen molar-refractivity contribution in [2.45, 2.75) is 6.92 Å². The van der Waals surface area contributed by atoms with Crippen molar-refractivity contribution < 1.29 is 9.53 Å². The minimum Gasteiger partial charge on any atom is -0.426 e. The zero-order valence-corrected chi connectivity index (χ0v) is 10.0. The lowest BCUT2D eigenvalue weighted by Gasteiger charge is -2.04. The van der Waals surface area contributed by atoms with Gasteiger partial charge in [0.15, 0.2) is 0 Å². The lowest BCUT2D eigenvalue weighted by molar-refractivity contribution is -0.131. The van der Waals surface area contributed by atoms with Gasteiger partial charge in [0.2, 0.25) is 0 Å². The van der Waals surface area contributed by atoms with E-state index < -0.39 is 0 Å². The molecular formula is C15H13NO2. The number of carbonyl (C=O) groups is 1. The Morgan fingerprint density at radius 1 is 1.11 bits per heavy atom. The zero-order valence-electron chi connectivity index (χ0n) is 10.0. The SMILES string of the molecule is CC(=O)Oc1ccccc1/C=C/c1ccccn1. The predicted molar refractivity (Wildman–Crippen MR) is 70.9 cm³/mol. The second-order valence-corrected chi connectivity index (χ2v) is 3.72. The molecule has 0 bridgehead atoms. The van der Waals surface area contributed by atoms with E-state index in [1.165, 1.54) is 6.92 Å². The highest BCUT2D eigenvalue weighted by Gasteiger charge is 2.02. The minimum absolute atomic E-state index is 0.325. The van der Waals surface area contributed by atoms with Crippen LogP contribution < -0.4 is 4.74 Å². The highest BCUT2D eigenvalue weighted by atomic mass is 16.5. The number of aromatic nitrogens is 1. The molecule has 0 aliphatic heterocycles. The summed E-state index contributed by atoms with van der Waals surface area (Å²) < 4.78 is 5.12. The fourth-order valence-electron chi connectivity index (χ4n) is 1.52. The van der Waals surface area contributed by atoms with Crippen LogP contribution in [0.25, 0.3) is 12.2 Å². The smallest absolute Gasteiger partial charge is 0.308 e. The quantitative estimate of drug-likeness (QED) is 0.610. The van der Waals surface area contributed by atoms with Gasteiger partial charge >= 0.3 is 5.97 Å². The van der Waals surface area contributed by atoms with Gasteiger partial charge in [-0.05, 0) is 30.4 Å². The van der Waals surface area contributed by atoms with Gasteiger partial charge in [-0.25, -0.2) is 0 Å². The molecule has 0 radical (unpaired) electrons. The Bertz CT molecular complexity index is 562. The fourth-order valence-corrected chi connectivity index (χ4v) is 1.52. The lowest BCUT2D eigenvalue weighted by atomic mass is 10.1. The Balaban J connectivity index is 2.23. The van der Waals surface area contributed by atoms with E-state index in [-0.39, 0.29) is 5.97 Å². The van der Waals surface area contributed by atoms with E-state index in [1.54, 1.807) is 12.3 Å². The summed E-state index contributed by atoms with van der Waals surface area (Å²) >= 11 is 0. The van der Waals surface area contributed by atoms with E-state index in [0.717, 1.165) is 11.3 Å². The lowest BCUT2D eigenvalue weighted by Crippen LogP contribution is -2.02. The van der Waals surface area contributed by atoms with Gasteiger partial charge in [-0.1, -0.05) is 24.3 Å². The van der Waals surface area contributed by atoms with Crippen LogP contribution in [0.4, 0.5) is 0 Å². The van der Waals surface area contributed by atoms with Crippen LogP contribution in [0.3, 0.4) is 0 Å². The Labute approximate surface area is 106 Å². The summed E-state index contributed by atoms with van der Waals surface area (Å²) in [5, 5.41) is 0. The average Bonchev–Trinajstić information content (AvgIpc) is 2.38. The van der Waals surface area contributed by atoms with Crippen LogP contribution >= 0.6 is 0 Å². The molecule has 0 fully saturated rings. The number of ether oxygens (including phenoxy) is 1. The minimum atomic E-state index is -0.325. The molecular weight excluding hydrogens is 226 g/mol. The van der Waals surface area contributed by atoms with Crippen molar-refractivity contribution >= 4 is 18.1 Å².